The summed E-state index contributed by atoms with van der Waals surface area (Å²) in [7, 11) is 1.41. The fourth-order valence-corrected chi connectivity index (χ4v) is 2.52. The summed E-state index contributed by atoms with van der Waals surface area (Å²) >= 11 is 0. The maximum atomic E-state index is 11.1. The van der Waals surface area contributed by atoms with E-state index in [-0.39, 0.29) is 12.0 Å². The van der Waals surface area contributed by atoms with Gasteiger partial charge in [-0.15, -0.1) is 0 Å². The Morgan fingerprint density at radius 2 is 1.90 bits per heavy atom. The van der Waals surface area contributed by atoms with Crippen LogP contribution in [0.2, 0.25) is 0 Å². The lowest BCUT2D eigenvalue weighted by atomic mass is 9.94. The first kappa shape index (κ1) is 14.5. The summed E-state index contributed by atoms with van der Waals surface area (Å²) in [5.41, 5.74) is 8.69. The third-order valence-electron chi connectivity index (χ3n) is 3.70. The molecule has 2 rings (SSSR count). The van der Waals surface area contributed by atoms with Gasteiger partial charge in [0.05, 0.1) is 7.11 Å². The molecule has 0 aliphatic rings. The molecule has 3 nitrogen and oxygen atoms in total. The van der Waals surface area contributed by atoms with E-state index in [0.717, 1.165) is 18.4 Å². The highest BCUT2D eigenvalue weighted by Crippen LogP contribution is 2.28. The molecule has 0 heterocycles. The van der Waals surface area contributed by atoms with E-state index in [1.807, 2.05) is 12.1 Å². The quantitative estimate of drug-likeness (QED) is 0.847. The Hall–Kier alpha value is -1.87. The highest BCUT2D eigenvalue weighted by molar-refractivity contribution is 5.88. The van der Waals surface area contributed by atoms with Crippen molar-refractivity contribution in [3.63, 3.8) is 0 Å². The number of fused-ring (bicyclic) bond motifs is 1. The number of benzene rings is 2. The van der Waals surface area contributed by atoms with Crippen molar-refractivity contribution in [1.82, 2.24) is 0 Å². The van der Waals surface area contributed by atoms with Gasteiger partial charge in [0.2, 0.25) is 0 Å². The zero-order chi connectivity index (χ0) is 14.5. The second kappa shape index (κ2) is 6.53. The zero-order valence-corrected chi connectivity index (χ0v) is 12.1. The predicted octanol–water partition coefficient (Wildman–Crippen LogP) is 3.49. The second-order valence-electron chi connectivity index (χ2n) is 5.09. The lowest BCUT2D eigenvalue weighted by Gasteiger charge is -2.15. The summed E-state index contributed by atoms with van der Waals surface area (Å²) in [5, 5.41) is 2.45. The van der Waals surface area contributed by atoms with Crippen molar-refractivity contribution in [1.29, 1.82) is 0 Å². The van der Waals surface area contributed by atoms with Crippen LogP contribution in [0, 0.1) is 6.92 Å². The van der Waals surface area contributed by atoms with Crippen molar-refractivity contribution in [2.75, 3.05) is 7.11 Å². The standard InChI is InChI=1S/C17H21NO2/c1-12-10-11-15(14-7-4-3-6-13(12)14)16(18)8-5-9-17(19)20-2/h3-4,6-7,10-11,16H,5,8-9,18H2,1-2H3. The van der Waals surface area contributed by atoms with Crippen molar-refractivity contribution in [3.8, 4) is 0 Å². The zero-order valence-electron chi connectivity index (χ0n) is 12.1. The van der Waals surface area contributed by atoms with Gasteiger partial charge in [-0.25, -0.2) is 0 Å². The molecule has 0 aliphatic carbocycles. The lowest BCUT2D eigenvalue weighted by molar-refractivity contribution is -0.140. The molecule has 1 unspecified atom stereocenters. The minimum atomic E-state index is -0.175. The van der Waals surface area contributed by atoms with Crippen molar-refractivity contribution >= 4 is 16.7 Å². The van der Waals surface area contributed by atoms with Crippen molar-refractivity contribution in [2.45, 2.75) is 32.2 Å². The Labute approximate surface area is 119 Å². The number of rotatable bonds is 5. The molecule has 1 atom stereocenters. The van der Waals surface area contributed by atoms with Crippen molar-refractivity contribution in [3.05, 3.63) is 47.5 Å². The first-order valence-corrected chi connectivity index (χ1v) is 6.94. The van der Waals surface area contributed by atoms with Gasteiger partial charge in [-0.3, -0.25) is 4.79 Å². The molecule has 2 aromatic rings. The van der Waals surface area contributed by atoms with Gasteiger partial charge in [0.15, 0.2) is 0 Å². The van der Waals surface area contributed by atoms with E-state index in [1.165, 1.54) is 23.4 Å². The molecule has 20 heavy (non-hydrogen) atoms. The fourth-order valence-electron chi connectivity index (χ4n) is 2.52. The van der Waals surface area contributed by atoms with E-state index in [2.05, 4.69) is 35.9 Å². The number of nitrogens with two attached hydrogens (primary N) is 1. The van der Waals surface area contributed by atoms with E-state index in [4.69, 9.17) is 5.73 Å². The van der Waals surface area contributed by atoms with Crippen LogP contribution in [-0.2, 0) is 9.53 Å². The molecule has 0 saturated heterocycles. The molecule has 3 heteroatoms. The average Bonchev–Trinajstić information content (AvgIpc) is 2.47. The molecule has 0 spiro atoms. The van der Waals surface area contributed by atoms with Gasteiger partial charge in [0.25, 0.3) is 0 Å². The maximum absolute atomic E-state index is 11.1. The number of hydrogen-bond acceptors (Lipinski definition) is 3. The molecule has 2 N–H and O–H groups in total. The Morgan fingerprint density at radius 3 is 2.60 bits per heavy atom. The molecular formula is C17H21NO2. The molecular weight excluding hydrogens is 250 g/mol. The van der Waals surface area contributed by atoms with Gasteiger partial charge in [-0.05, 0) is 41.7 Å². The molecule has 0 saturated carbocycles. The van der Waals surface area contributed by atoms with Crippen LogP contribution in [0.5, 0.6) is 0 Å². The number of ether oxygens (including phenoxy) is 1. The smallest absolute Gasteiger partial charge is 0.305 e. The van der Waals surface area contributed by atoms with Crippen LogP contribution in [0.15, 0.2) is 36.4 Å². The molecule has 0 bridgehead atoms. The molecule has 2 aromatic carbocycles. The Balaban J connectivity index is 2.16. The number of aryl methyl sites for hydroxylation is 1. The predicted molar refractivity (Wildman–Crippen MR) is 81.5 cm³/mol. The third-order valence-corrected chi connectivity index (χ3v) is 3.70. The highest BCUT2D eigenvalue weighted by atomic mass is 16.5. The normalized spacial score (nSPS) is 12.3. The molecule has 106 valence electrons. The van der Waals surface area contributed by atoms with Gasteiger partial charge >= 0.3 is 5.97 Å². The van der Waals surface area contributed by atoms with E-state index in [1.54, 1.807) is 0 Å². The monoisotopic (exact) mass is 271 g/mol. The SMILES string of the molecule is COC(=O)CCCC(N)c1ccc(C)c2ccccc12. The first-order chi connectivity index (χ1) is 9.63. The van der Waals surface area contributed by atoms with Crippen LogP contribution in [0.1, 0.15) is 36.4 Å². The molecule has 0 fully saturated rings. The Kier molecular flexibility index (Phi) is 4.74. The maximum Gasteiger partial charge on any atom is 0.305 e. The first-order valence-electron chi connectivity index (χ1n) is 6.94. The van der Waals surface area contributed by atoms with Gasteiger partial charge in [0.1, 0.15) is 0 Å². The number of carbonyl (C=O) groups excluding carboxylic acids is 1. The van der Waals surface area contributed by atoms with Crippen LogP contribution in [0.4, 0.5) is 0 Å². The largest absolute Gasteiger partial charge is 0.469 e. The van der Waals surface area contributed by atoms with Crippen LogP contribution >= 0.6 is 0 Å². The van der Waals surface area contributed by atoms with E-state index in [0.29, 0.717) is 6.42 Å². The molecule has 0 aliphatic heterocycles. The van der Waals surface area contributed by atoms with Crippen LogP contribution in [0.25, 0.3) is 10.8 Å². The van der Waals surface area contributed by atoms with Crippen LogP contribution < -0.4 is 5.73 Å². The summed E-state index contributed by atoms with van der Waals surface area (Å²) in [5.74, 6) is -0.175. The lowest BCUT2D eigenvalue weighted by Crippen LogP contribution is -2.12. The summed E-state index contributed by atoms with van der Waals surface area (Å²) in [6, 6.07) is 12.5. The molecule has 0 amide bonds. The van der Waals surface area contributed by atoms with Crippen LogP contribution in [0.3, 0.4) is 0 Å². The number of hydrogen-bond donors (Lipinski definition) is 1. The molecule has 0 radical (unpaired) electrons. The van der Waals surface area contributed by atoms with Gasteiger partial charge < -0.3 is 10.5 Å². The fraction of sp³-hybridized carbons (Fsp3) is 0.353. The van der Waals surface area contributed by atoms with E-state index in [9.17, 15) is 4.79 Å². The second-order valence-corrected chi connectivity index (χ2v) is 5.09. The van der Waals surface area contributed by atoms with E-state index >= 15 is 0 Å². The average molecular weight is 271 g/mol. The van der Waals surface area contributed by atoms with Gasteiger partial charge in [0, 0.05) is 12.5 Å². The Bertz CT molecular complexity index is 607. The third kappa shape index (κ3) is 3.17. The highest BCUT2D eigenvalue weighted by Gasteiger charge is 2.11. The number of carbonyl (C=O) groups is 1. The van der Waals surface area contributed by atoms with E-state index < -0.39 is 0 Å². The summed E-state index contributed by atoms with van der Waals surface area (Å²) in [6.07, 6.45) is 1.95. The number of methoxy groups -OCH3 is 1. The Morgan fingerprint density at radius 1 is 1.20 bits per heavy atom. The number of esters is 1. The summed E-state index contributed by atoms with van der Waals surface area (Å²) < 4.78 is 4.64. The topological polar surface area (TPSA) is 52.3 Å². The summed E-state index contributed by atoms with van der Waals surface area (Å²) in [4.78, 5) is 11.1. The van der Waals surface area contributed by atoms with Crippen LogP contribution in [-0.4, -0.2) is 13.1 Å². The molecule has 0 aromatic heterocycles. The van der Waals surface area contributed by atoms with Gasteiger partial charge in [-0.2, -0.15) is 0 Å². The summed E-state index contributed by atoms with van der Waals surface area (Å²) in [6.45, 7) is 2.11. The van der Waals surface area contributed by atoms with Crippen molar-refractivity contribution < 1.29 is 9.53 Å². The minimum absolute atomic E-state index is 0.0508. The minimum Gasteiger partial charge on any atom is -0.469 e. The van der Waals surface area contributed by atoms with Crippen molar-refractivity contribution in [2.24, 2.45) is 5.73 Å². The van der Waals surface area contributed by atoms with Gasteiger partial charge in [-0.1, -0.05) is 36.4 Å².